The van der Waals surface area contributed by atoms with Crippen LogP contribution in [0.4, 0.5) is 0 Å². The van der Waals surface area contributed by atoms with Crippen LogP contribution in [0.15, 0.2) is 0 Å². The quantitative estimate of drug-likeness (QED) is 0.230. The van der Waals surface area contributed by atoms with E-state index in [9.17, 15) is 19.2 Å². The summed E-state index contributed by atoms with van der Waals surface area (Å²) < 4.78 is 41.8. The fourth-order valence-corrected chi connectivity index (χ4v) is 7.56. The third kappa shape index (κ3) is 4.25. The number of carbonyl (C=O) groups is 4. The molecular formula is C23H33N2O11P. The summed E-state index contributed by atoms with van der Waals surface area (Å²) in [5, 5.41) is 2.45. The molecule has 8 unspecified atom stereocenters. The molecule has 37 heavy (non-hydrogen) atoms. The number of esters is 1. The number of hydrogen-bond donors (Lipinski definition) is 1. The molecule has 0 aromatic heterocycles. The van der Waals surface area contributed by atoms with Gasteiger partial charge in [0.25, 0.3) is 7.57 Å². The average Bonchev–Trinajstić information content (AvgIpc) is 3.60. The average molecular weight is 544 g/mol. The normalized spacial score (nSPS) is 43.3. The minimum absolute atomic E-state index is 0.0674. The largest absolute Gasteiger partial charge is 0.457 e. The van der Waals surface area contributed by atoms with Crippen LogP contribution in [0.3, 0.4) is 0 Å². The van der Waals surface area contributed by atoms with Crippen molar-refractivity contribution in [1.82, 2.24) is 10.2 Å². The van der Waals surface area contributed by atoms with E-state index in [1.54, 1.807) is 0 Å². The van der Waals surface area contributed by atoms with E-state index in [0.717, 1.165) is 4.90 Å². The van der Waals surface area contributed by atoms with Crippen molar-refractivity contribution in [2.45, 2.75) is 75.0 Å². The maximum absolute atomic E-state index is 12.9. The Morgan fingerprint density at radius 3 is 2.32 bits per heavy atom. The highest BCUT2D eigenvalue weighted by atomic mass is 31.2. The van der Waals surface area contributed by atoms with E-state index < -0.39 is 67.4 Å². The summed E-state index contributed by atoms with van der Waals surface area (Å²) in [6.07, 6.45) is -1.02. The zero-order chi connectivity index (χ0) is 26.9. The first-order chi connectivity index (χ1) is 17.4. The molecule has 0 aromatic rings. The predicted molar refractivity (Wildman–Crippen MR) is 126 cm³/mol. The summed E-state index contributed by atoms with van der Waals surface area (Å²) in [7, 11) is 0.935. The van der Waals surface area contributed by atoms with Gasteiger partial charge < -0.3 is 37.8 Å². The Hall–Kier alpha value is -1.86. The number of nitrogens with zero attached hydrogens (tertiary/aromatic N) is 1. The van der Waals surface area contributed by atoms with Crippen molar-refractivity contribution in [3.05, 3.63) is 0 Å². The second-order valence-corrected chi connectivity index (χ2v) is 12.3. The standard InChI is InChI=1S/C23H33N2O11P/c1-10-15-20(23(2,34-10)9-31-15)36-37(6,30-5)35-19-17-14-13(21(28)25(4)22(14)29)16(33-17)18(19)32-12(27)8-7-11(26)24-3/h10,13-20H,6-9H2,1-5H3,(H,24,26)/t10-,13?,14?,15+,16?,17?,18?,19?,20?,23-,37?/m0/s1. The number of rotatable bonds is 9. The molecule has 1 N–H and O–H groups in total. The Labute approximate surface area is 214 Å². The molecule has 14 heteroatoms. The van der Waals surface area contributed by atoms with Gasteiger partial charge >= 0.3 is 5.97 Å². The summed E-state index contributed by atoms with van der Waals surface area (Å²) in [5.41, 5.74) is -0.715. The van der Waals surface area contributed by atoms with Crippen LogP contribution in [0.25, 0.3) is 0 Å². The number of carbonyl (C=O) groups excluding carboxylic acids is 4. The molecule has 206 valence electrons. The zero-order valence-electron chi connectivity index (χ0n) is 21.4. The van der Waals surface area contributed by atoms with Crippen molar-refractivity contribution < 1.29 is 51.7 Å². The molecule has 5 heterocycles. The summed E-state index contributed by atoms with van der Waals surface area (Å²) in [4.78, 5) is 51.0. The lowest BCUT2D eigenvalue weighted by Crippen LogP contribution is -2.51. The Balaban J connectivity index is 1.38. The molecule has 5 aliphatic heterocycles. The van der Waals surface area contributed by atoms with Gasteiger partial charge in [-0.3, -0.25) is 24.1 Å². The number of likely N-dealkylation sites (tertiary alicyclic amines) is 1. The van der Waals surface area contributed by atoms with Crippen LogP contribution in [0.5, 0.6) is 0 Å². The second-order valence-electron chi connectivity index (χ2n) is 10.3. The molecule has 11 atom stereocenters. The molecule has 0 aliphatic carbocycles. The number of fused-ring (bicyclic) bond motifs is 7. The van der Waals surface area contributed by atoms with Gasteiger partial charge in [-0.15, -0.1) is 0 Å². The van der Waals surface area contributed by atoms with Gasteiger partial charge in [-0.05, 0) is 20.1 Å². The highest BCUT2D eigenvalue weighted by Crippen LogP contribution is 2.60. The highest BCUT2D eigenvalue weighted by molar-refractivity contribution is 7.59. The molecular weight excluding hydrogens is 511 g/mol. The number of amides is 3. The van der Waals surface area contributed by atoms with E-state index in [4.69, 9.17) is 32.5 Å². The molecule has 5 saturated heterocycles. The third-order valence-corrected chi connectivity index (χ3v) is 9.60. The van der Waals surface area contributed by atoms with Gasteiger partial charge in [-0.1, -0.05) is 0 Å². The lowest BCUT2D eigenvalue weighted by Gasteiger charge is -2.37. The second kappa shape index (κ2) is 9.41. The summed E-state index contributed by atoms with van der Waals surface area (Å²) in [6, 6.07) is 0. The van der Waals surface area contributed by atoms with Crippen LogP contribution in [-0.2, 0) is 51.7 Å². The van der Waals surface area contributed by atoms with E-state index in [0.29, 0.717) is 6.61 Å². The van der Waals surface area contributed by atoms with Crippen molar-refractivity contribution in [1.29, 1.82) is 0 Å². The Morgan fingerprint density at radius 2 is 1.78 bits per heavy atom. The molecule has 0 spiro atoms. The molecule has 13 nitrogen and oxygen atoms in total. The molecule has 4 bridgehead atoms. The van der Waals surface area contributed by atoms with Gasteiger partial charge in [0, 0.05) is 27.6 Å². The van der Waals surface area contributed by atoms with Gasteiger partial charge in [0.15, 0.2) is 6.10 Å². The monoisotopic (exact) mass is 544 g/mol. The van der Waals surface area contributed by atoms with Gasteiger partial charge in [0.1, 0.15) is 36.1 Å². The van der Waals surface area contributed by atoms with Crippen LogP contribution < -0.4 is 5.32 Å². The number of hydrogen-bond acceptors (Lipinski definition) is 11. The number of nitrogens with one attached hydrogen (secondary N) is 1. The van der Waals surface area contributed by atoms with Crippen molar-refractivity contribution in [3.63, 3.8) is 0 Å². The third-order valence-electron chi connectivity index (χ3n) is 7.93. The predicted octanol–water partition coefficient (Wildman–Crippen LogP) is -0.376. The van der Waals surface area contributed by atoms with Gasteiger partial charge in [-0.2, -0.15) is 0 Å². The van der Waals surface area contributed by atoms with E-state index in [2.05, 4.69) is 11.6 Å². The van der Waals surface area contributed by atoms with Gasteiger partial charge in [-0.25, -0.2) is 0 Å². The fourth-order valence-electron chi connectivity index (χ4n) is 6.04. The first kappa shape index (κ1) is 26.7. The van der Waals surface area contributed by atoms with Crippen molar-refractivity contribution in [2.24, 2.45) is 11.8 Å². The topological polar surface area (TPSA) is 148 Å². The van der Waals surface area contributed by atoms with Crippen LogP contribution in [-0.4, -0.2) is 111 Å². The van der Waals surface area contributed by atoms with Gasteiger partial charge in [0.2, 0.25) is 17.7 Å². The maximum Gasteiger partial charge on any atom is 0.306 e. The van der Waals surface area contributed by atoms with E-state index in [-0.39, 0.29) is 36.9 Å². The number of ether oxygens (including phenoxy) is 4. The van der Waals surface area contributed by atoms with E-state index in [1.165, 1.54) is 21.2 Å². The van der Waals surface area contributed by atoms with Crippen molar-refractivity contribution >= 4 is 37.6 Å². The van der Waals surface area contributed by atoms with Crippen LogP contribution in [0, 0.1) is 11.8 Å². The fraction of sp³-hybridized carbons (Fsp3) is 0.783. The lowest BCUT2D eigenvalue weighted by molar-refractivity contribution is -0.160. The van der Waals surface area contributed by atoms with E-state index in [1.807, 2.05) is 13.8 Å². The summed E-state index contributed by atoms with van der Waals surface area (Å²) in [6.45, 7) is 4.10. The minimum atomic E-state index is -3.34. The van der Waals surface area contributed by atoms with Crippen LogP contribution >= 0.6 is 7.57 Å². The summed E-state index contributed by atoms with van der Waals surface area (Å²) >= 11 is 0. The molecule has 0 aromatic carbocycles. The highest BCUT2D eigenvalue weighted by Gasteiger charge is 2.71. The van der Waals surface area contributed by atoms with Gasteiger partial charge in [0.05, 0.1) is 31.0 Å². The molecule has 5 rings (SSSR count). The molecule has 5 aliphatic rings. The van der Waals surface area contributed by atoms with Crippen LogP contribution in [0.2, 0.25) is 0 Å². The molecule has 5 fully saturated rings. The minimum Gasteiger partial charge on any atom is -0.457 e. The van der Waals surface area contributed by atoms with Crippen LogP contribution in [0.1, 0.15) is 26.7 Å². The zero-order valence-corrected chi connectivity index (χ0v) is 22.3. The molecule has 3 amide bonds. The molecule has 0 saturated carbocycles. The number of imide groups is 1. The summed E-state index contributed by atoms with van der Waals surface area (Å²) in [5.74, 6) is -3.35. The van der Waals surface area contributed by atoms with Crippen molar-refractivity contribution in [2.75, 3.05) is 27.8 Å². The Morgan fingerprint density at radius 1 is 1.14 bits per heavy atom. The molecule has 0 radical (unpaired) electrons. The smallest absolute Gasteiger partial charge is 0.306 e. The lowest BCUT2D eigenvalue weighted by atomic mass is 9.78. The first-order valence-corrected chi connectivity index (χ1v) is 14.0. The van der Waals surface area contributed by atoms with E-state index >= 15 is 0 Å². The maximum atomic E-state index is 12.9. The first-order valence-electron chi connectivity index (χ1n) is 12.3. The van der Waals surface area contributed by atoms with Crippen molar-refractivity contribution in [3.8, 4) is 0 Å². The Bertz CT molecular complexity index is 1050. The Kier molecular flexibility index (Phi) is 6.80. The SMILES string of the molecule is C=P(OC)(OC1C(OC(=O)CCC(=O)NC)C2OC1C1C(=O)N(C)C(=O)C21)OC1[C@@H]2OC[C@]1(C)O[C@H]2C.